The minimum absolute atomic E-state index is 0.0602. The highest BCUT2D eigenvalue weighted by molar-refractivity contribution is 5.79. The van der Waals surface area contributed by atoms with E-state index in [0.29, 0.717) is 90.0 Å². The minimum atomic E-state index is -1.47. The molecule has 0 aromatic carbocycles. The Balaban J connectivity index is 1.31. The maximum absolute atomic E-state index is 14.1. The summed E-state index contributed by atoms with van der Waals surface area (Å²) >= 11 is 0. The van der Waals surface area contributed by atoms with Crippen molar-refractivity contribution in [1.29, 1.82) is 0 Å². The Bertz CT molecular complexity index is 2930. The van der Waals surface area contributed by atoms with E-state index in [1.54, 1.807) is 0 Å². The van der Waals surface area contributed by atoms with Crippen molar-refractivity contribution in [2.45, 2.75) is 336 Å². The van der Waals surface area contributed by atoms with Crippen molar-refractivity contribution in [2.75, 3.05) is 132 Å². The van der Waals surface area contributed by atoms with Crippen LogP contribution >= 0.6 is 0 Å². The van der Waals surface area contributed by atoms with Crippen molar-refractivity contribution in [1.82, 2.24) is 58.5 Å². The van der Waals surface area contributed by atoms with E-state index in [4.69, 9.17) is 52.1 Å². The topological polar surface area (TPSA) is 624 Å². The summed E-state index contributed by atoms with van der Waals surface area (Å²) in [5.74, 6) is -3.82. The SMILES string of the molecule is CC(=O)NC1C(OCCCCC(=O)NCCCNC(=O)CCOCC(COCCC(=O)NCCCNC(=O)CCCCOC2OC(CO)C(O)C(O)C2NC(C)=O)(COCCC(=O)NCCCNC(=O)CCCCOC2OC(CO)C(O)C(O)C2NC(C)=O)NC(=O)CCCCCCCCCCC(=O)NC[C@@H]2CC[C@H](O)[C@@H](COC(C)(C)C)O2)OC(CO)C(O)C1O. The Morgan fingerprint density at radius 3 is 0.929 bits per heavy atom. The van der Waals surface area contributed by atoms with Gasteiger partial charge in [0, 0.05) is 138 Å². The highest BCUT2D eigenvalue weighted by atomic mass is 16.7. The smallest absolute Gasteiger partial charge is 0.222 e. The quantitative estimate of drug-likeness (QED) is 0.0259. The van der Waals surface area contributed by atoms with E-state index in [9.17, 15) is 104 Å². The summed E-state index contributed by atoms with van der Waals surface area (Å²) in [6.45, 7) is 8.68. The molecule has 0 spiro atoms. The molecule has 0 radical (unpaired) electrons. The van der Waals surface area contributed by atoms with Crippen molar-refractivity contribution in [3.05, 3.63) is 0 Å². The molecular weight excluding hydrogens is 1670 g/mol. The molecule has 43 nitrogen and oxygen atoms in total. The molecule has 4 fully saturated rings. The van der Waals surface area contributed by atoms with E-state index in [0.717, 1.165) is 44.9 Å². The predicted molar refractivity (Wildman–Crippen MR) is 453 cm³/mol. The third-order valence-electron chi connectivity index (χ3n) is 21.3. The fourth-order valence-electron chi connectivity index (χ4n) is 14.2. The summed E-state index contributed by atoms with van der Waals surface area (Å²) in [7, 11) is 0. The van der Waals surface area contributed by atoms with Gasteiger partial charge in [-0.05, 0) is 104 Å². The number of nitrogens with one attached hydrogen (secondary N) is 11. The molecule has 18 atom stereocenters. The van der Waals surface area contributed by atoms with Crippen molar-refractivity contribution >= 4 is 65.0 Å². The fraction of sp³-hybridized carbons (Fsp3) is 0.869. The van der Waals surface area contributed by atoms with Crippen LogP contribution in [0.25, 0.3) is 0 Å². The van der Waals surface area contributed by atoms with Crippen LogP contribution in [0, 0.1) is 0 Å². The van der Waals surface area contributed by atoms with Crippen molar-refractivity contribution in [3.8, 4) is 0 Å². The maximum Gasteiger partial charge on any atom is 0.222 e. The molecule has 11 amide bonds. The second-order valence-electron chi connectivity index (χ2n) is 33.7. The molecule has 4 heterocycles. The average molecular weight is 1830 g/mol. The number of ether oxygens (including phenoxy) is 11. The minimum Gasteiger partial charge on any atom is -0.394 e. The van der Waals surface area contributed by atoms with Crippen LogP contribution in [0.15, 0.2) is 0 Å². The summed E-state index contributed by atoms with van der Waals surface area (Å²) < 4.78 is 64.2. The van der Waals surface area contributed by atoms with Gasteiger partial charge in [-0.25, -0.2) is 0 Å². The normalized spacial score (nSPS) is 25.3. The van der Waals surface area contributed by atoms with Gasteiger partial charge in [0.25, 0.3) is 0 Å². The van der Waals surface area contributed by atoms with E-state index in [1.165, 1.54) is 20.8 Å². The lowest BCUT2D eigenvalue weighted by atomic mass is 9.97. The van der Waals surface area contributed by atoms with Crippen LogP contribution in [0.3, 0.4) is 0 Å². The van der Waals surface area contributed by atoms with Gasteiger partial charge in [-0.15, -0.1) is 0 Å². The summed E-state index contributed by atoms with van der Waals surface area (Å²) in [4.78, 5) is 140. The molecule has 0 aromatic rings. The van der Waals surface area contributed by atoms with Gasteiger partial charge in [-0.2, -0.15) is 0 Å². The molecular formula is C84H151N11O32. The van der Waals surface area contributed by atoms with Gasteiger partial charge in [0.05, 0.1) is 83.9 Å². The van der Waals surface area contributed by atoms with Crippen LogP contribution in [0.5, 0.6) is 0 Å². The Hall–Kier alpha value is -6.67. The third kappa shape index (κ3) is 47.8. The second kappa shape index (κ2) is 64.2. The third-order valence-corrected chi connectivity index (χ3v) is 21.3. The van der Waals surface area contributed by atoms with Crippen molar-refractivity contribution in [2.24, 2.45) is 0 Å². The first-order valence-corrected chi connectivity index (χ1v) is 45.1. The summed E-state index contributed by atoms with van der Waals surface area (Å²) in [6, 6.07) is -3.30. The zero-order valence-electron chi connectivity index (χ0n) is 75.1. The molecule has 4 saturated heterocycles. The number of rotatable bonds is 67. The van der Waals surface area contributed by atoms with Gasteiger partial charge in [0.1, 0.15) is 84.7 Å². The first kappa shape index (κ1) is 113. The Morgan fingerprint density at radius 1 is 0.331 bits per heavy atom. The molecule has 0 bridgehead atoms. The van der Waals surface area contributed by atoms with Gasteiger partial charge in [0.2, 0.25) is 65.0 Å². The highest BCUT2D eigenvalue weighted by Gasteiger charge is 2.48. The Kier molecular flexibility index (Phi) is 56.9. The second-order valence-corrected chi connectivity index (χ2v) is 33.7. The predicted octanol–water partition coefficient (Wildman–Crippen LogP) is -3.94. The molecule has 0 aromatic heterocycles. The van der Waals surface area contributed by atoms with Crippen molar-refractivity contribution < 1.29 is 156 Å². The molecule has 4 aliphatic heterocycles. The standard InChI is InChI=1S/C84H151N11O32/c1-54(99)92-71-77(114)74(111)59(47-96)125-80(71)120-40-18-15-25-63(103)85-34-21-37-88-67(107)31-43-117-51-84(95-70(110)28-14-12-10-8-7-9-11-13-24-66(106)91-46-57-29-30-58(102)62(124-57)50-123-83(4,5)6,52-118-44-32-68(108)89-38-22-35-86-64(104)26-16-19-41-121-81-72(93-55(2)100)78(115)75(112)60(48-97)126-81)53-119-45-33-69(109)90-39-23-36-87-65(105)27-17-20-42-122-82-73(94-56(3)101)79(116)76(113)61(49-98)127-82/h57-62,71-82,96-98,102,111-116H,7-53H2,1-6H3,(H,85,103)(H,86,104)(H,87,105)(H,88,107)(H,89,108)(H,90,109)(H,91,106)(H,92,99)(H,93,100)(H,94,101)(H,95,110)/t57-,58-,59?,60?,61?,62+,71?,72?,73?,74?,75?,76?,77?,78?,79?,80?,81?,82?,84?/m0/s1. The number of aliphatic hydroxyl groups is 10. The van der Waals surface area contributed by atoms with Crippen molar-refractivity contribution in [3.63, 3.8) is 0 Å². The van der Waals surface area contributed by atoms with Crippen LogP contribution in [0.4, 0.5) is 0 Å². The molecule has 734 valence electrons. The van der Waals surface area contributed by atoms with Crippen LogP contribution in [-0.2, 0) is 105 Å². The summed E-state index contributed by atoms with van der Waals surface area (Å²) in [5, 5.41) is 132. The molecule has 43 heteroatoms. The fourth-order valence-corrected chi connectivity index (χ4v) is 14.2. The zero-order valence-corrected chi connectivity index (χ0v) is 75.1. The molecule has 0 aliphatic carbocycles. The number of unbranched alkanes of at least 4 members (excludes halogenated alkanes) is 10. The monoisotopic (exact) mass is 1830 g/mol. The van der Waals surface area contributed by atoms with E-state index in [2.05, 4.69) is 58.5 Å². The molecule has 0 saturated carbocycles. The van der Waals surface area contributed by atoms with E-state index in [-0.39, 0.29) is 209 Å². The van der Waals surface area contributed by atoms with Gasteiger partial charge in [-0.1, -0.05) is 38.5 Å². The van der Waals surface area contributed by atoms with Gasteiger partial charge in [0.15, 0.2) is 18.9 Å². The summed E-state index contributed by atoms with van der Waals surface area (Å²) in [6.07, 6.45) is -5.38. The van der Waals surface area contributed by atoms with Crippen LogP contribution in [0.1, 0.15) is 215 Å². The lowest BCUT2D eigenvalue weighted by molar-refractivity contribution is -0.270. The van der Waals surface area contributed by atoms with Crippen LogP contribution < -0.4 is 58.5 Å². The highest BCUT2D eigenvalue weighted by Crippen LogP contribution is 2.28. The molecule has 15 unspecified atom stereocenters. The van der Waals surface area contributed by atoms with E-state index >= 15 is 0 Å². The first-order chi connectivity index (χ1) is 60.7. The number of hydrogen-bond donors (Lipinski definition) is 21. The van der Waals surface area contributed by atoms with Crippen LogP contribution in [0.2, 0.25) is 0 Å². The number of hydrogen-bond acceptors (Lipinski definition) is 32. The number of amides is 11. The lowest BCUT2D eigenvalue weighted by Crippen LogP contribution is -2.64. The van der Waals surface area contributed by atoms with Gasteiger partial charge >= 0.3 is 0 Å². The summed E-state index contributed by atoms with van der Waals surface area (Å²) in [5.41, 5.74) is -1.82. The number of carbonyl (C=O) groups excluding carboxylic acids is 11. The van der Waals surface area contributed by atoms with E-state index in [1.807, 2.05) is 20.8 Å². The van der Waals surface area contributed by atoms with E-state index < -0.39 is 147 Å². The Morgan fingerprint density at radius 2 is 0.622 bits per heavy atom. The molecule has 21 N–H and O–H groups in total. The molecule has 4 rings (SSSR count). The molecule has 127 heavy (non-hydrogen) atoms. The zero-order chi connectivity index (χ0) is 93.5. The van der Waals surface area contributed by atoms with Gasteiger partial charge < -0.3 is 162 Å². The number of carbonyl (C=O) groups is 11. The maximum atomic E-state index is 14.1. The first-order valence-electron chi connectivity index (χ1n) is 45.1. The Labute approximate surface area is 744 Å². The average Bonchev–Trinajstić information content (AvgIpc) is 0.815. The number of aliphatic hydroxyl groups excluding tert-OH is 10. The lowest BCUT2D eigenvalue weighted by Gasteiger charge is -2.42. The largest absolute Gasteiger partial charge is 0.394 e. The van der Waals surface area contributed by atoms with Gasteiger partial charge in [-0.3, -0.25) is 52.7 Å². The van der Waals surface area contributed by atoms with Crippen LogP contribution in [-0.4, -0.2) is 369 Å². The molecule has 4 aliphatic rings.